The largest absolute Gasteiger partial charge is 0.508 e. The Balaban J connectivity index is 1.70. The van der Waals surface area contributed by atoms with E-state index in [0.29, 0.717) is 41.7 Å². The second-order valence-electron chi connectivity index (χ2n) is 5.87. The minimum atomic E-state index is -0.0118. The molecule has 122 valence electrons. The van der Waals surface area contributed by atoms with Gasteiger partial charge in [-0.05, 0) is 60.4 Å². The van der Waals surface area contributed by atoms with E-state index in [0.717, 1.165) is 23.1 Å². The molecule has 0 spiro atoms. The lowest BCUT2D eigenvalue weighted by Gasteiger charge is -2.20. The third kappa shape index (κ3) is 2.63. The summed E-state index contributed by atoms with van der Waals surface area (Å²) >= 11 is 6.25. The zero-order valence-corrected chi connectivity index (χ0v) is 13.6. The van der Waals surface area contributed by atoms with Crippen LogP contribution in [0.25, 0.3) is 6.08 Å². The van der Waals surface area contributed by atoms with E-state index >= 15 is 0 Å². The molecule has 0 saturated heterocycles. The molecule has 0 fully saturated rings. The lowest BCUT2D eigenvalue weighted by molar-refractivity contribution is 0.102. The van der Waals surface area contributed by atoms with Gasteiger partial charge in [0.05, 0.1) is 5.02 Å². The van der Waals surface area contributed by atoms with E-state index in [1.165, 1.54) is 0 Å². The van der Waals surface area contributed by atoms with Crippen molar-refractivity contribution in [3.05, 3.63) is 57.6 Å². The highest BCUT2D eigenvalue weighted by Gasteiger charge is 2.23. The van der Waals surface area contributed by atoms with Crippen molar-refractivity contribution in [3.8, 4) is 17.2 Å². The number of phenols is 1. The average molecular weight is 343 g/mol. The maximum atomic E-state index is 12.7. The Morgan fingerprint density at radius 1 is 1.08 bits per heavy atom. The zero-order valence-electron chi connectivity index (χ0n) is 12.8. The SMILES string of the molecule is O=C1C(=Cc2cc(Cl)c3c(c2)OCCO3)CCc2cc(O)ccc21. The molecule has 5 heteroatoms. The standard InChI is InChI=1S/C19H15ClO4/c20-16-8-11(9-17-19(16)24-6-5-23-17)7-13-2-1-12-10-14(21)3-4-15(12)18(13)22/h3-4,7-10,21H,1-2,5-6H2. The van der Waals surface area contributed by atoms with Gasteiger partial charge in [0.15, 0.2) is 17.3 Å². The van der Waals surface area contributed by atoms with Gasteiger partial charge in [0.2, 0.25) is 0 Å². The van der Waals surface area contributed by atoms with Crippen molar-refractivity contribution in [3.63, 3.8) is 0 Å². The summed E-state index contributed by atoms with van der Waals surface area (Å²) in [7, 11) is 0. The van der Waals surface area contributed by atoms with Crippen molar-refractivity contribution in [1.29, 1.82) is 0 Å². The molecule has 4 rings (SSSR count). The second kappa shape index (κ2) is 5.87. The molecule has 0 aromatic heterocycles. The number of hydrogen-bond donors (Lipinski definition) is 1. The quantitative estimate of drug-likeness (QED) is 0.795. The molecule has 0 unspecified atom stereocenters. The number of rotatable bonds is 1. The fraction of sp³-hybridized carbons (Fsp3) is 0.211. The van der Waals surface area contributed by atoms with E-state index in [1.807, 2.05) is 12.1 Å². The minimum Gasteiger partial charge on any atom is -0.508 e. The summed E-state index contributed by atoms with van der Waals surface area (Å²) < 4.78 is 11.1. The van der Waals surface area contributed by atoms with Crippen LogP contribution in [-0.2, 0) is 6.42 Å². The van der Waals surface area contributed by atoms with Crippen molar-refractivity contribution < 1.29 is 19.4 Å². The maximum Gasteiger partial charge on any atom is 0.189 e. The molecule has 24 heavy (non-hydrogen) atoms. The molecule has 1 heterocycles. The summed E-state index contributed by atoms with van der Waals surface area (Å²) in [6, 6.07) is 8.50. The molecule has 4 nitrogen and oxygen atoms in total. The fourth-order valence-electron chi connectivity index (χ4n) is 3.12. The third-order valence-electron chi connectivity index (χ3n) is 4.25. The van der Waals surface area contributed by atoms with Crippen molar-refractivity contribution in [1.82, 2.24) is 0 Å². The lowest BCUT2D eigenvalue weighted by Crippen LogP contribution is -2.16. The first-order valence-electron chi connectivity index (χ1n) is 7.78. The first-order chi connectivity index (χ1) is 11.6. The zero-order chi connectivity index (χ0) is 16.7. The summed E-state index contributed by atoms with van der Waals surface area (Å²) in [5.41, 5.74) is 3.07. The monoisotopic (exact) mass is 342 g/mol. The van der Waals surface area contributed by atoms with Crippen LogP contribution in [0.2, 0.25) is 5.02 Å². The Labute approximate surface area is 144 Å². The van der Waals surface area contributed by atoms with Crippen molar-refractivity contribution in [2.24, 2.45) is 0 Å². The number of Topliss-reactive ketones (excluding diaryl/α,β-unsaturated/α-hetero) is 1. The van der Waals surface area contributed by atoms with Crippen LogP contribution >= 0.6 is 11.6 Å². The normalized spacial score (nSPS) is 17.7. The highest BCUT2D eigenvalue weighted by Crippen LogP contribution is 2.39. The van der Waals surface area contributed by atoms with Crippen molar-refractivity contribution in [2.45, 2.75) is 12.8 Å². The van der Waals surface area contributed by atoms with Gasteiger partial charge in [-0.1, -0.05) is 11.6 Å². The third-order valence-corrected chi connectivity index (χ3v) is 4.53. The highest BCUT2D eigenvalue weighted by molar-refractivity contribution is 6.32. The summed E-state index contributed by atoms with van der Waals surface area (Å²) in [4.78, 5) is 12.7. The number of allylic oxidation sites excluding steroid dienone is 1. The lowest BCUT2D eigenvalue weighted by atomic mass is 9.86. The van der Waals surface area contributed by atoms with Crippen molar-refractivity contribution >= 4 is 23.5 Å². The average Bonchev–Trinajstić information content (AvgIpc) is 2.57. The molecular weight excluding hydrogens is 328 g/mol. The molecule has 0 radical (unpaired) electrons. The summed E-state index contributed by atoms with van der Waals surface area (Å²) in [6.07, 6.45) is 3.20. The minimum absolute atomic E-state index is 0.0118. The number of ketones is 1. The van der Waals surface area contributed by atoms with Gasteiger partial charge in [0, 0.05) is 11.1 Å². The Hall–Kier alpha value is -2.46. The van der Waals surface area contributed by atoms with Gasteiger partial charge in [-0.15, -0.1) is 0 Å². The van der Waals surface area contributed by atoms with Gasteiger partial charge >= 0.3 is 0 Å². The van der Waals surface area contributed by atoms with Crippen LogP contribution < -0.4 is 9.47 Å². The Morgan fingerprint density at radius 2 is 1.92 bits per heavy atom. The van der Waals surface area contributed by atoms with E-state index in [2.05, 4.69) is 0 Å². The van der Waals surface area contributed by atoms with E-state index in [-0.39, 0.29) is 11.5 Å². The predicted molar refractivity (Wildman–Crippen MR) is 91.2 cm³/mol. The van der Waals surface area contributed by atoms with E-state index in [4.69, 9.17) is 21.1 Å². The molecule has 1 aliphatic heterocycles. The van der Waals surface area contributed by atoms with Crippen LogP contribution in [-0.4, -0.2) is 24.1 Å². The number of fused-ring (bicyclic) bond motifs is 2. The predicted octanol–water partition coefficient (Wildman–Crippen LogP) is 4.03. The van der Waals surface area contributed by atoms with Gasteiger partial charge in [-0.25, -0.2) is 0 Å². The molecular formula is C19H15ClO4. The van der Waals surface area contributed by atoms with Gasteiger partial charge in [0.1, 0.15) is 19.0 Å². The number of carbonyl (C=O) groups excluding carboxylic acids is 1. The molecule has 0 atom stereocenters. The number of benzene rings is 2. The summed E-state index contributed by atoms with van der Waals surface area (Å²) in [6.45, 7) is 0.967. The molecule has 2 aliphatic rings. The van der Waals surface area contributed by atoms with Crippen LogP contribution in [0.3, 0.4) is 0 Å². The molecule has 0 saturated carbocycles. The number of ether oxygens (including phenoxy) is 2. The number of phenolic OH excluding ortho intramolecular Hbond substituents is 1. The summed E-state index contributed by atoms with van der Waals surface area (Å²) in [5, 5.41) is 10.0. The van der Waals surface area contributed by atoms with Gasteiger partial charge in [-0.2, -0.15) is 0 Å². The molecule has 0 bridgehead atoms. The van der Waals surface area contributed by atoms with Gasteiger partial charge in [-0.3, -0.25) is 4.79 Å². The number of aryl methyl sites for hydroxylation is 1. The highest BCUT2D eigenvalue weighted by atomic mass is 35.5. The summed E-state index contributed by atoms with van der Waals surface area (Å²) in [5.74, 6) is 1.34. The van der Waals surface area contributed by atoms with E-state index in [1.54, 1.807) is 24.3 Å². The van der Waals surface area contributed by atoms with E-state index in [9.17, 15) is 9.90 Å². The molecule has 1 aliphatic carbocycles. The van der Waals surface area contributed by atoms with Crippen LogP contribution in [0.15, 0.2) is 35.9 Å². The number of aromatic hydroxyl groups is 1. The second-order valence-corrected chi connectivity index (χ2v) is 6.27. The fourth-order valence-corrected chi connectivity index (χ4v) is 3.39. The molecule has 0 amide bonds. The molecule has 2 aromatic rings. The Bertz CT molecular complexity index is 870. The molecule has 1 N–H and O–H groups in total. The molecule has 2 aromatic carbocycles. The van der Waals surface area contributed by atoms with Crippen molar-refractivity contribution in [2.75, 3.05) is 13.2 Å². The smallest absolute Gasteiger partial charge is 0.189 e. The number of carbonyl (C=O) groups is 1. The topological polar surface area (TPSA) is 55.8 Å². The van der Waals surface area contributed by atoms with Crippen LogP contribution in [0.5, 0.6) is 17.2 Å². The van der Waals surface area contributed by atoms with Crippen LogP contribution in [0.1, 0.15) is 27.9 Å². The number of hydrogen-bond acceptors (Lipinski definition) is 4. The van der Waals surface area contributed by atoms with Gasteiger partial charge in [0.25, 0.3) is 0 Å². The first kappa shape index (κ1) is 15.1. The number of halogens is 1. The van der Waals surface area contributed by atoms with Gasteiger partial charge < -0.3 is 14.6 Å². The van der Waals surface area contributed by atoms with Crippen LogP contribution in [0, 0.1) is 0 Å². The Morgan fingerprint density at radius 3 is 2.79 bits per heavy atom. The first-order valence-corrected chi connectivity index (χ1v) is 8.16. The van der Waals surface area contributed by atoms with E-state index < -0.39 is 0 Å². The maximum absolute atomic E-state index is 12.7. The Kier molecular flexibility index (Phi) is 3.69. The van der Waals surface area contributed by atoms with Crippen LogP contribution in [0.4, 0.5) is 0 Å².